The first kappa shape index (κ1) is 13.5. The summed E-state index contributed by atoms with van der Waals surface area (Å²) in [5.41, 5.74) is 1.62. The number of benzene rings is 2. The Kier molecular flexibility index (Phi) is 4.77. The normalized spacial score (nSPS) is 10.1. The van der Waals surface area contributed by atoms with Crippen LogP contribution in [0.25, 0.3) is 0 Å². The molecule has 0 spiro atoms. The molecule has 0 radical (unpaired) electrons. The van der Waals surface area contributed by atoms with Gasteiger partial charge in [-0.2, -0.15) is 0 Å². The largest absolute Gasteiger partial charge is 0.487 e. The Bertz CT molecular complexity index is 552. The van der Waals surface area contributed by atoms with Gasteiger partial charge in [0.25, 0.3) is 0 Å². The topological polar surface area (TPSA) is 26.3 Å². The van der Waals surface area contributed by atoms with Crippen molar-refractivity contribution in [1.29, 1.82) is 0 Å². The highest BCUT2D eigenvalue weighted by atomic mass is 127. The van der Waals surface area contributed by atoms with Gasteiger partial charge < -0.3 is 4.74 Å². The van der Waals surface area contributed by atoms with E-state index in [9.17, 15) is 4.79 Å². The summed E-state index contributed by atoms with van der Waals surface area (Å²) in [4.78, 5) is 10.9. The Morgan fingerprint density at radius 1 is 1.17 bits per heavy atom. The summed E-state index contributed by atoms with van der Waals surface area (Å²) in [6, 6.07) is 13.5. The minimum atomic E-state index is 0.445. The number of carbonyl (C=O) groups excluding carboxylic acids is 1. The summed E-state index contributed by atoms with van der Waals surface area (Å²) in [7, 11) is 0. The number of ether oxygens (including phenoxy) is 1. The molecule has 0 fully saturated rings. The van der Waals surface area contributed by atoms with Crippen LogP contribution in [0, 0.1) is 3.57 Å². The number of carbonyl (C=O) groups is 1. The van der Waals surface area contributed by atoms with Crippen LogP contribution in [-0.2, 0) is 6.61 Å². The van der Waals surface area contributed by atoms with Crippen LogP contribution in [0.4, 0.5) is 0 Å². The molecule has 0 bridgehead atoms. The van der Waals surface area contributed by atoms with Gasteiger partial charge in [0.2, 0.25) is 0 Å². The molecule has 0 saturated carbocycles. The first-order valence-electron chi connectivity index (χ1n) is 5.31. The highest BCUT2D eigenvalue weighted by molar-refractivity contribution is 14.1. The lowest BCUT2D eigenvalue weighted by atomic mass is 10.2. The molecule has 2 aromatic carbocycles. The third-order valence-corrected chi connectivity index (χ3v) is 3.76. The van der Waals surface area contributed by atoms with Gasteiger partial charge in [0.05, 0.1) is 10.0 Å². The fourth-order valence-corrected chi connectivity index (χ4v) is 2.36. The first-order valence-corrected chi connectivity index (χ1v) is 7.19. The number of rotatable bonds is 4. The molecule has 0 unspecified atom stereocenters. The molecule has 2 aromatic rings. The number of aldehydes is 1. The molecule has 0 aliphatic rings. The average molecular weight is 417 g/mol. The molecule has 0 aromatic heterocycles. The van der Waals surface area contributed by atoms with Gasteiger partial charge in [0.15, 0.2) is 6.29 Å². The Labute approximate surface area is 128 Å². The summed E-state index contributed by atoms with van der Waals surface area (Å²) < 4.78 is 7.68. The minimum Gasteiger partial charge on any atom is -0.487 e. The van der Waals surface area contributed by atoms with E-state index in [1.54, 1.807) is 6.07 Å². The van der Waals surface area contributed by atoms with Crippen LogP contribution >= 0.6 is 38.5 Å². The van der Waals surface area contributed by atoms with Crippen molar-refractivity contribution in [3.63, 3.8) is 0 Å². The Morgan fingerprint density at radius 3 is 2.56 bits per heavy atom. The van der Waals surface area contributed by atoms with Crippen LogP contribution in [0.5, 0.6) is 5.75 Å². The number of halogens is 2. The molecule has 4 heteroatoms. The van der Waals surface area contributed by atoms with E-state index in [0.717, 1.165) is 16.3 Å². The van der Waals surface area contributed by atoms with E-state index in [-0.39, 0.29) is 0 Å². The van der Waals surface area contributed by atoms with Crippen LogP contribution in [0.1, 0.15) is 15.9 Å². The fourth-order valence-electron chi connectivity index (χ4n) is 1.51. The zero-order valence-corrected chi connectivity index (χ0v) is 13.1. The monoisotopic (exact) mass is 416 g/mol. The van der Waals surface area contributed by atoms with E-state index >= 15 is 0 Å². The Balaban J connectivity index is 2.15. The van der Waals surface area contributed by atoms with Crippen molar-refractivity contribution in [2.75, 3.05) is 0 Å². The third-order valence-electron chi connectivity index (χ3n) is 2.42. The maximum Gasteiger partial charge on any atom is 0.153 e. The highest BCUT2D eigenvalue weighted by Crippen LogP contribution is 2.28. The predicted octanol–water partition coefficient (Wildman–Crippen LogP) is 4.45. The first-order chi connectivity index (χ1) is 8.70. The molecule has 0 aliphatic carbocycles. The smallest absolute Gasteiger partial charge is 0.153 e. The Morgan fingerprint density at radius 2 is 1.89 bits per heavy atom. The zero-order valence-electron chi connectivity index (χ0n) is 9.40. The van der Waals surface area contributed by atoms with Crippen molar-refractivity contribution in [3.8, 4) is 5.75 Å². The van der Waals surface area contributed by atoms with Crippen LogP contribution in [0.3, 0.4) is 0 Å². The second kappa shape index (κ2) is 6.33. The zero-order chi connectivity index (χ0) is 13.0. The summed E-state index contributed by atoms with van der Waals surface area (Å²) >= 11 is 5.65. The lowest BCUT2D eigenvalue weighted by Gasteiger charge is -2.10. The number of hydrogen-bond acceptors (Lipinski definition) is 2. The van der Waals surface area contributed by atoms with Crippen molar-refractivity contribution >= 4 is 44.8 Å². The van der Waals surface area contributed by atoms with Gasteiger partial charge >= 0.3 is 0 Å². The highest BCUT2D eigenvalue weighted by Gasteiger charge is 2.07. The minimum absolute atomic E-state index is 0.445. The second-order valence-electron chi connectivity index (χ2n) is 3.69. The molecule has 2 nitrogen and oxygen atoms in total. The maximum absolute atomic E-state index is 10.9. The molecule has 0 saturated heterocycles. The molecule has 0 heterocycles. The number of para-hydroxylation sites is 1. The van der Waals surface area contributed by atoms with Crippen molar-refractivity contribution in [3.05, 3.63) is 61.6 Å². The molecule has 0 amide bonds. The van der Waals surface area contributed by atoms with Gasteiger partial charge in [-0.25, -0.2) is 0 Å². The molecule has 92 valence electrons. The lowest BCUT2D eigenvalue weighted by molar-refractivity contribution is 0.111. The van der Waals surface area contributed by atoms with E-state index < -0.39 is 0 Å². The van der Waals surface area contributed by atoms with Crippen molar-refractivity contribution in [1.82, 2.24) is 0 Å². The fraction of sp³-hybridized carbons (Fsp3) is 0.0714. The van der Waals surface area contributed by atoms with E-state index in [1.165, 1.54) is 3.57 Å². The van der Waals surface area contributed by atoms with E-state index in [4.69, 9.17) is 4.74 Å². The van der Waals surface area contributed by atoms with Crippen LogP contribution in [-0.4, -0.2) is 6.29 Å². The van der Waals surface area contributed by atoms with Gasteiger partial charge in [-0.05, 0) is 68.3 Å². The quantitative estimate of drug-likeness (QED) is 0.543. The second-order valence-corrected chi connectivity index (χ2v) is 5.79. The molecule has 0 N–H and O–H groups in total. The third kappa shape index (κ3) is 3.32. The summed E-state index contributed by atoms with van der Waals surface area (Å²) in [5.74, 6) is 0.589. The maximum atomic E-state index is 10.9. The van der Waals surface area contributed by atoms with Crippen LogP contribution < -0.4 is 4.74 Å². The predicted molar refractivity (Wildman–Crippen MR) is 83.0 cm³/mol. The van der Waals surface area contributed by atoms with E-state index in [0.29, 0.717) is 17.9 Å². The van der Waals surface area contributed by atoms with Crippen molar-refractivity contribution in [2.24, 2.45) is 0 Å². The number of hydrogen-bond donors (Lipinski definition) is 0. The van der Waals surface area contributed by atoms with E-state index in [2.05, 4.69) is 38.5 Å². The van der Waals surface area contributed by atoms with Gasteiger partial charge in [-0.3, -0.25) is 4.79 Å². The van der Waals surface area contributed by atoms with Crippen LogP contribution in [0.15, 0.2) is 46.9 Å². The lowest BCUT2D eigenvalue weighted by Crippen LogP contribution is -1.99. The average Bonchev–Trinajstić information content (AvgIpc) is 2.39. The SMILES string of the molecule is O=Cc1cccc(Br)c1OCc1ccc(I)cc1. The molecule has 0 atom stereocenters. The van der Waals surface area contributed by atoms with Gasteiger partial charge in [-0.1, -0.05) is 18.2 Å². The standard InChI is InChI=1S/C14H10BrIO2/c15-13-3-1-2-11(8-17)14(13)18-9-10-4-6-12(16)7-5-10/h1-8H,9H2. The van der Waals surface area contributed by atoms with Crippen molar-refractivity contribution in [2.45, 2.75) is 6.61 Å². The van der Waals surface area contributed by atoms with Gasteiger partial charge in [0.1, 0.15) is 12.4 Å². The van der Waals surface area contributed by atoms with Crippen molar-refractivity contribution < 1.29 is 9.53 Å². The molecular weight excluding hydrogens is 407 g/mol. The summed E-state index contributed by atoms with van der Waals surface area (Å²) in [6.07, 6.45) is 0.800. The van der Waals surface area contributed by atoms with E-state index in [1.807, 2.05) is 36.4 Å². The molecule has 0 aliphatic heterocycles. The molecule has 18 heavy (non-hydrogen) atoms. The van der Waals surface area contributed by atoms with Gasteiger partial charge in [-0.15, -0.1) is 0 Å². The molecule has 2 rings (SSSR count). The Hall–Kier alpha value is -0.880. The molecular formula is C14H10BrIO2. The summed E-state index contributed by atoms with van der Waals surface area (Å²) in [5, 5.41) is 0. The summed E-state index contributed by atoms with van der Waals surface area (Å²) in [6.45, 7) is 0.445. The van der Waals surface area contributed by atoms with Crippen LogP contribution in [0.2, 0.25) is 0 Å². The van der Waals surface area contributed by atoms with Gasteiger partial charge in [0, 0.05) is 3.57 Å².